The predicted molar refractivity (Wildman–Crippen MR) is 127 cm³/mol. The van der Waals surface area contributed by atoms with Gasteiger partial charge in [0.25, 0.3) is 5.91 Å². The number of anilines is 2. The fourth-order valence-corrected chi connectivity index (χ4v) is 4.42. The lowest BCUT2D eigenvalue weighted by Gasteiger charge is -2.29. The third kappa shape index (κ3) is 5.40. The summed E-state index contributed by atoms with van der Waals surface area (Å²) in [4.78, 5) is 23.8. The first-order chi connectivity index (χ1) is 16.2. The molecule has 1 saturated carbocycles. The molecule has 180 valence electrons. The van der Waals surface area contributed by atoms with Gasteiger partial charge >= 0.3 is 6.18 Å². The number of nitrogens with zero attached hydrogens (tertiary/aromatic N) is 3. The summed E-state index contributed by atoms with van der Waals surface area (Å²) in [6.45, 7) is 0.697. The molecule has 0 atom stereocenters. The maximum Gasteiger partial charge on any atom is 0.417 e. The van der Waals surface area contributed by atoms with Gasteiger partial charge in [0.05, 0.1) is 16.6 Å². The molecule has 34 heavy (non-hydrogen) atoms. The van der Waals surface area contributed by atoms with Gasteiger partial charge in [0, 0.05) is 32.1 Å². The van der Waals surface area contributed by atoms with E-state index in [-0.39, 0.29) is 11.6 Å². The van der Waals surface area contributed by atoms with Crippen molar-refractivity contribution in [1.29, 1.82) is 0 Å². The minimum Gasteiger partial charge on any atom is -0.362 e. The van der Waals surface area contributed by atoms with Crippen LogP contribution in [0.2, 0.25) is 0 Å². The molecule has 0 unspecified atom stereocenters. The highest BCUT2D eigenvalue weighted by molar-refractivity contribution is 5.96. The highest BCUT2D eigenvalue weighted by Gasteiger charge is 2.35. The Bertz CT molecular complexity index is 1160. The van der Waals surface area contributed by atoms with E-state index in [1.54, 1.807) is 0 Å². The molecule has 4 rings (SSSR count). The van der Waals surface area contributed by atoms with Gasteiger partial charge in [-0.2, -0.15) is 18.2 Å². The van der Waals surface area contributed by atoms with Crippen LogP contribution in [0.5, 0.6) is 0 Å². The summed E-state index contributed by atoms with van der Waals surface area (Å²) < 4.78 is 39.7. The molecule has 0 spiro atoms. The van der Waals surface area contributed by atoms with E-state index in [1.165, 1.54) is 18.2 Å². The number of carbonyl (C=O) groups is 1. The van der Waals surface area contributed by atoms with Crippen LogP contribution < -0.4 is 15.5 Å². The van der Waals surface area contributed by atoms with Crippen molar-refractivity contribution in [3.63, 3.8) is 0 Å². The summed E-state index contributed by atoms with van der Waals surface area (Å²) in [5.41, 5.74) is -0.365. The number of fused-ring (bicyclic) bond motifs is 1. The van der Waals surface area contributed by atoms with Crippen LogP contribution in [0.15, 0.2) is 48.5 Å². The second-order valence-electron chi connectivity index (χ2n) is 8.90. The molecule has 0 saturated heterocycles. The SMILES string of the molecule is CN(C)c1nc(NCC2CCC(NC(=O)c3ccccc3C(F)(F)F)CC2)nc2ccccc12. The Morgan fingerprint density at radius 3 is 2.38 bits per heavy atom. The Morgan fingerprint density at radius 2 is 1.68 bits per heavy atom. The number of aromatic nitrogens is 2. The lowest BCUT2D eigenvalue weighted by molar-refractivity contribution is -0.137. The molecule has 2 N–H and O–H groups in total. The highest BCUT2D eigenvalue weighted by atomic mass is 19.4. The fraction of sp³-hybridized carbons (Fsp3) is 0.400. The molecular formula is C25H28F3N5O. The van der Waals surface area contributed by atoms with Gasteiger partial charge < -0.3 is 15.5 Å². The normalized spacial score (nSPS) is 18.5. The Balaban J connectivity index is 1.33. The van der Waals surface area contributed by atoms with Crippen molar-refractivity contribution >= 4 is 28.6 Å². The number of amides is 1. The number of carbonyl (C=O) groups excluding carboxylic acids is 1. The number of hydrogen-bond acceptors (Lipinski definition) is 5. The number of alkyl halides is 3. The first-order valence-corrected chi connectivity index (χ1v) is 11.4. The number of nitrogens with one attached hydrogen (secondary N) is 2. The topological polar surface area (TPSA) is 70.2 Å². The minimum atomic E-state index is -4.56. The first kappa shape index (κ1) is 23.8. The van der Waals surface area contributed by atoms with E-state index in [1.807, 2.05) is 43.3 Å². The van der Waals surface area contributed by atoms with E-state index in [0.717, 1.165) is 35.6 Å². The standard InChI is InChI=1S/C25H28F3N5O/c1-33(2)22-19-8-4-6-10-21(19)31-24(32-22)29-15-16-11-13-17(14-12-16)30-23(34)18-7-3-5-9-20(18)25(26,27)28/h3-10,16-17H,11-15H2,1-2H3,(H,30,34)(H,29,31,32). The molecule has 0 aliphatic heterocycles. The van der Waals surface area contributed by atoms with Gasteiger partial charge in [-0.3, -0.25) is 4.79 Å². The molecule has 0 radical (unpaired) electrons. The number of para-hydroxylation sites is 1. The first-order valence-electron chi connectivity index (χ1n) is 11.4. The zero-order valence-electron chi connectivity index (χ0n) is 19.2. The van der Waals surface area contributed by atoms with Gasteiger partial charge in [-0.1, -0.05) is 24.3 Å². The van der Waals surface area contributed by atoms with Crippen LogP contribution in [0.3, 0.4) is 0 Å². The summed E-state index contributed by atoms with van der Waals surface area (Å²) in [7, 11) is 3.89. The molecule has 1 aromatic heterocycles. The van der Waals surface area contributed by atoms with Crippen molar-refractivity contribution in [3.05, 3.63) is 59.7 Å². The highest BCUT2D eigenvalue weighted by Crippen LogP contribution is 2.32. The third-order valence-electron chi connectivity index (χ3n) is 6.21. The van der Waals surface area contributed by atoms with Crippen LogP contribution in [-0.4, -0.2) is 42.6 Å². The second-order valence-corrected chi connectivity index (χ2v) is 8.90. The van der Waals surface area contributed by atoms with Crippen LogP contribution in [0.1, 0.15) is 41.6 Å². The zero-order chi connectivity index (χ0) is 24.3. The molecule has 3 aromatic rings. The third-order valence-corrected chi connectivity index (χ3v) is 6.21. The average molecular weight is 472 g/mol. The Labute approximate surface area is 196 Å². The summed E-state index contributed by atoms with van der Waals surface area (Å²) in [6.07, 6.45) is -1.42. The van der Waals surface area contributed by atoms with Crippen molar-refractivity contribution in [2.24, 2.45) is 5.92 Å². The monoisotopic (exact) mass is 471 g/mol. The van der Waals surface area contributed by atoms with Gasteiger partial charge in [0.1, 0.15) is 5.82 Å². The molecular weight excluding hydrogens is 443 g/mol. The van der Waals surface area contributed by atoms with Crippen molar-refractivity contribution in [3.8, 4) is 0 Å². The van der Waals surface area contributed by atoms with Crippen LogP contribution in [0.25, 0.3) is 10.9 Å². The predicted octanol–water partition coefficient (Wildman–Crippen LogP) is 5.12. The maximum absolute atomic E-state index is 13.2. The van der Waals surface area contributed by atoms with Crippen LogP contribution >= 0.6 is 0 Å². The summed E-state index contributed by atoms with van der Waals surface area (Å²) in [6, 6.07) is 12.6. The number of halogens is 3. The van der Waals surface area contributed by atoms with Crippen molar-refractivity contribution < 1.29 is 18.0 Å². The lowest BCUT2D eigenvalue weighted by atomic mass is 9.86. The van der Waals surface area contributed by atoms with Crippen LogP contribution in [0.4, 0.5) is 24.9 Å². The molecule has 1 fully saturated rings. The van der Waals surface area contributed by atoms with Gasteiger partial charge in [0.15, 0.2) is 0 Å². The van der Waals surface area contributed by atoms with Gasteiger partial charge in [-0.05, 0) is 55.9 Å². The molecule has 9 heteroatoms. The number of benzene rings is 2. The summed E-state index contributed by atoms with van der Waals surface area (Å²) in [5, 5.41) is 7.13. The van der Waals surface area contributed by atoms with E-state index in [4.69, 9.17) is 0 Å². The minimum absolute atomic E-state index is 0.137. The number of rotatable bonds is 6. The largest absolute Gasteiger partial charge is 0.417 e. The number of hydrogen-bond donors (Lipinski definition) is 2. The Morgan fingerprint density at radius 1 is 1.00 bits per heavy atom. The molecule has 1 aliphatic carbocycles. The molecule has 0 bridgehead atoms. The quantitative estimate of drug-likeness (QED) is 0.523. The van der Waals surface area contributed by atoms with E-state index in [0.29, 0.717) is 31.3 Å². The zero-order valence-corrected chi connectivity index (χ0v) is 19.2. The molecule has 1 heterocycles. The van der Waals surface area contributed by atoms with Crippen molar-refractivity contribution in [2.45, 2.75) is 37.9 Å². The molecule has 2 aromatic carbocycles. The Kier molecular flexibility index (Phi) is 6.90. The van der Waals surface area contributed by atoms with E-state index in [2.05, 4.69) is 20.6 Å². The van der Waals surface area contributed by atoms with Crippen LogP contribution in [0, 0.1) is 5.92 Å². The van der Waals surface area contributed by atoms with E-state index in [9.17, 15) is 18.0 Å². The summed E-state index contributed by atoms with van der Waals surface area (Å²) in [5.74, 6) is 1.11. The Hall–Kier alpha value is -3.36. The summed E-state index contributed by atoms with van der Waals surface area (Å²) >= 11 is 0. The van der Waals surface area contributed by atoms with Gasteiger partial charge in [-0.25, -0.2) is 4.98 Å². The lowest BCUT2D eigenvalue weighted by Crippen LogP contribution is -2.39. The van der Waals surface area contributed by atoms with Gasteiger partial charge in [-0.15, -0.1) is 0 Å². The van der Waals surface area contributed by atoms with Gasteiger partial charge in [0.2, 0.25) is 5.95 Å². The smallest absolute Gasteiger partial charge is 0.362 e. The van der Waals surface area contributed by atoms with E-state index >= 15 is 0 Å². The molecule has 1 aliphatic rings. The fourth-order valence-electron chi connectivity index (χ4n) is 4.42. The molecule has 1 amide bonds. The van der Waals surface area contributed by atoms with Crippen molar-refractivity contribution in [2.75, 3.05) is 30.9 Å². The van der Waals surface area contributed by atoms with E-state index < -0.39 is 17.6 Å². The van der Waals surface area contributed by atoms with Crippen LogP contribution in [-0.2, 0) is 6.18 Å². The van der Waals surface area contributed by atoms with Crippen molar-refractivity contribution in [1.82, 2.24) is 15.3 Å². The average Bonchev–Trinajstić information content (AvgIpc) is 2.82. The second kappa shape index (κ2) is 9.87. The molecule has 6 nitrogen and oxygen atoms in total. The maximum atomic E-state index is 13.2.